The molecule has 0 saturated heterocycles. The summed E-state index contributed by atoms with van der Waals surface area (Å²) in [6.45, 7) is 0.0869. The van der Waals surface area contributed by atoms with Crippen molar-refractivity contribution in [3.8, 4) is 0 Å². The maximum absolute atomic E-state index is 13.8. The molecule has 0 spiro atoms. The Labute approximate surface area is 127 Å². The molecule has 0 aromatic heterocycles. The standard InChI is InChI=1S/C15H14FNO4S/c1-21-15(18)13-8-7-12(9-14(13)16)22(19,20)17-10-11-5-3-2-4-6-11/h2-9,17H,10H2,1H3. The number of sulfonamides is 1. The van der Waals surface area contributed by atoms with Crippen molar-refractivity contribution in [1.82, 2.24) is 4.72 Å². The van der Waals surface area contributed by atoms with Crippen molar-refractivity contribution in [1.29, 1.82) is 0 Å². The lowest BCUT2D eigenvalue weighted by Gasteiger charge is -2.08. The number of hydrogen-bond acceptors (Lipinski definition) is 4. The van der Waals surface area contributed by atoms with Crippen LogP contribution in [0, 0.1) is 5.82 Å². The van der Waals surface area contributed by atoms with Gasteiger partial charge in [-0.05, 0) is 23.8 Å². The van der Waals surface area contributed by atoms with E-state index < -0.39 is 21.8 Å². The number of rotatable bonds is 5. The molecule has 0 saturated carbocycles. The number of benzene rings is 2. The Hall–Kier alpha value is -2.25. The van der Waals surface area contributed by atoms with Crippen LogP contribution >= 0.6 is 0 Å². The second kappa shape index (κ2) is 6.67. The van der Waals surface area contributed by atoms with Gasteiger partial charge in [-0.1, -0.05) is 30.3 Å². The zero-order valence-corrected chi connectivity index (χ0v) is 12.6. The third kappa shape index (κ3) is 3.69. The van der Waals surface area contributed by atoms with E-state index in [0.717, 1.165) is 30.9 Å². The van der Waals surface area contributed by atoms with Crippen LogP contribution in [-0.4, -0.2) is 21.5 Å². The molecule has 1 N–H and O–H groups in total. The van der Waals surface area contributed by atoms with Gasteiger partial charge in [-0.25, -0.2) is 22.3 Å². The van der Waals surface area contributed by atoms with Crippen molar-refractivity contribution >= 4 is 16.0 Å². The van der Waals surface area contributed by atoms with E-state index in [0.29, 0.717) is 0 Å². The average Bonchev–Trinajstić information content (AvgIpc) is 2.53. The zero-order chi connectivity index (χ0) is 16.2. The van der Waals surface area contributed by atoms with Gasteiger partial charge in [0.25, 0.3) is 0 Å². The van der Waals surface area contributed by atoms with E-state index in [9.17, 15) is 17.6 Å². The van der Waals surface area contributed by atoms with E-state index in [4.69, 9.17) is 0 Å². The Morgan fingerprint density at radius 3 is 2.45 bits per heavy atom. The third-order valence-electron chi connectivity index (χ3n) is 2.97. The summed E-state index contributed by atoms with van der Waals surface area (Å²) < 4.78 is 44.8. The third-order valence-corrected chi connectivity index (χ3v) is 4.36. The second-order valence-corrected chi connectivity index (χ2v) is 6.21. The van der Waals surface area contributed by atoms with E-state index in [2.05, 4.69) is 9.46 Å². The van der Waals surface area contributed by atoms with Crippen LogP contribution in [-0.2, 0) is 21.3 Å². The smallest absolute Gasteiger partial charge is 0.340 e. The van der Waals surface area contributed by atoms with E-state index in [1.807, 2.05) is 6.07 Å². The lowest BCUT2D eigenvalue weighted by Crippen LogP contribution is -2.23. The number of carbonyl (C=O) groups excluding carboxylic acids is 1. The van der Waals surface area contributed by atoms with Crippen LogP contribution in [0.15, 0.2) is 53.4 Å². The first-order chi connectivity index (χ1) is 10.4. The summed E-state index contributed by atoms with van der Waals surface area (Å²) in [6.07, 6.45) is 0. The number of nitrogens with one attached hydrogen (secondary N) is 1. The molecule has 0 aliphatic heterocycles. The molecule has 0 radical (unpaired) electrons. The fourth-order valence-electron chi connectivity index (χ4n) is 1.80. The largest absolute Gasteiger partial charge is 0.465 e. The number of esters is 1. The molecule has 0 heterocycles. The number of ether oxygens (including phenoxy) is 1. The summed E-state index contributed by atoms with van der Waals surface area (Å²) in [4.78, 5) is 11.0. The summed E-state index contributed by atoms with van der Waals surface area (Å²) in [7, 11) is -2.75. The molecule has 0 unspecified atom stereocenters. The second-order valence-electron chi connectivity index (χ2n) is 4.44. The van der Waals surface area contributed by atoms with Gasteiger partial charge in [0, 0.05) is 6.54 Å². The highest BCUT2D eigenvalue weighted by molar-refractivity contribution is 7.89. The minimum atomic E-state index is -3.87. The quantitative estimate of drug-likeness (QED) is 0.855. The molecule has 22 heavy (non-hydrogen) atoms. The molecule has 0 aliphatic rings. The SMILES string of the molecule is COC(=O)c1ccc(S(=O)(=O)NCc2ccccc2)cc1F. The maximum Gasteiger partial charge on any atom is 0.340 e. The van der Waals surface area contributed by atoms with Crippen LogP contribution in [0.3, 0.4) is 0 Å². The van der Waals surface area contributed by atoms with Crippen LogP contribution in [0.5, 0.6) is 0 Å². The summed E-state index contributed by atoms with van der Waals surface area (Å²) >= 11 is 0. The molecule has 0 bridgehead atoms. The van der Waals surface area contributed by atoms with Crippen LogP contribution in [0.25, 0.3) is 0 Å². The van der Waals surface area contributed by atoms with Crippen LogP contribution < -0.4 is 4.72 Å². The molecule has 0 amide bonds. The maximum atomic E-state index is 13.8. The lowest BCUT2D eigenvalue weighted by molar-refractivity contribution is 0.0595. The first-order valence-electron chi connectivity index (χ1n) is 6.35. The molecule has 2 rings (SSSR count). The Balaban J connectivity index is 2.19. The first-order valence-corrected chi connectivity index (χ1v) is 7.84. The van der Waals surface area contributed by atoms with Crippen molar-refractivity contribution in [3.05, 3.63) is 65.5 Å². The summed E-state index contributed by atoms with van der Waals surface area (Å²) in [5.74, 6) is -1.81. The molecule has 2 aromatic carbocycles. The highest BCUT2D eigenvalue weighted by Crippen LogP contribution is 2.16. The van der Waals surface area contributed by atoms with Crippen LogP contribution in [0.2, 0.25) is 0 Å². The molecular weight excluding hydrogens is 309 g/mol. The Morgan fingerprint density at radius 2 is 1.86 bits per heavy atom. The fourth-order valence-corrected chi connectivity index (χ4v) is 2.83. The Kier molecular flexibility index (Phi) is 4.89. The van der Waals surface area contributed by atoms with Gasteiger partial charge in [-0.2, -0.15) is 0 Å². The van der Waals surface area contributed by atoms with E-state index in [-0.39, 0.29) is 17.0 Å². The highest BCUT2D eigenvalue weighted by atomic mass is 32.2. The van der Waals surface area contributed by atoms with Gasteiger partial charge in [-0.15, -0.1) is 0 Å². The number of carbonyl (C=O) groups is 1. The highest BCUT2D eigenvalue weighted by Gasteiger charge is 2.19. The van der Waals surface area contributed by atoms with Gasteiger partial charge in [-0.3, -0.25) is 0 Å². The van der Waals surface area contributed by atoms with Gasteiger partial charge in [0.1, 0.15) is 5.82 Å². The molecule has 2 aromatic rings. The molecule has 0 fully saturated rings. The van der Waals surface area contributed by atoms with E-state index in [1.54, 1.807) is 24.3 Å². The van der Waals surface area contributed by atoms with Gasteiger partial charge in [0.15, 0.2) is 0 Å². The predicted octanol–water partition coefficient (Wildman–Crippen LogP) is 2.09. The van der Waals surface area contributed by atoms with Crippen molar-refractivity contribution < 1.29 is 22.3 Å². The molecular formula is C15H14FNO4S. The number of hydrogen-bond donors (Lipinski definition) is 1. The Bertz CT molecular complexity index is 775. The lowest BCUT2D eigenvalue weighted by atomic mass is 10.2. The fraction of sp³-hybridized carbons (Fsp3) is 0.133. The van der Waals surface area contributed by atoms with Gasteiger partial charge >= 0.3 is 5.97 Å². The Morgan fingerprint density at radius 1 is 1.18 bits per heavy atom. The van der Waals surface area contributed by atoms with Crippen molar-refractivity contribution in [2.24, 2.45) is 0 Å². The van der Waals surface area contributed by atoms with Crippen molar-refractivity contribution in [3.63, 3.8) is 0 Å². The van der Waals surface area contributed by atoms with Gasteiger partial charge in [0.2, 0.25) is 10.0 Å². The molecule has 0 aliphatic carbocycles. The van der Waals surface area contributed by atoms with Crippen molar-refractivity contribution in [2.75, 3.05) is 7.11 Å². The van der Waals surface area contributed by atoms with E-state index in [1.165, 1.54) is 0 Å². The van der Waals surface area contributed by atoms with Crippen LogP contribution in [0.1, 0.15) is 15.9 Å². The summed E-state index contributed by atoms with van der Waals surface area (Å²) in [6, 6.07) is 12.0. The predicted molar refractivity (Wildman–Crippen MR) is 78.2 cm³/mol. The summed E-state index contributed by atoms with van der Waals surface area (Å²) in [5.41, 5.74) is 0.460. The minimum Gasteiger partial charge on any atom is -0.465 e. The first kappa shape index (κ1) is 16.1. The van der Waals surface area contributed by atoms with Gasteiger partial charge < -0.3 is 4.74 Å². The monoisotopic (exact) mass is 323 g/mol. The molecule has 5 nitrogen and oxygen atoms in total. The van der Waals surface area contributed by atoms with Crippen LogP contribution in [0.4, 0.5) is 4.39 Å². The number of methoxy groups -OCH3 is 1. The molecule has 116 valence electrons. The van der Waals surface area contributed by atoms with Gasteiger partial charge in [0.05, 0.1) is 17.6 Å². The topological polar surface area (TPSA) is 72.5 Å². The molecule has 0 atom stereocenters. The summed E-state index contributed by atoms with van der Waals surface area (Å²) in [5, 5.41) is 0. The van der Waals surface area contributed by atoms with E-state index >= 15 is 0 Å². The normalized spacial score (nSPS) is 11.2. The minimum absolute atomic E-state index is 0.0869. The number of halogens is 1. The zero-order valence-electron chi connectivity index (χ0n) is 11.7. The molecule has 7 heteroatoms. The average molecular weight is 323 g/mol. The van der Waals surface area contributed by atoms with Crippen molar-refractivity contribution in [2.45, 2.75) is 11.4 Å².